The highest BCUT2D eigenvalue weighted by Gasteiger charge is 2.12. The quantitative estimate of drug-likeness (QED) is 0.583. The van der Waals surface area contributed by atoms with Gasteiger partial charge in [0.05, 0.1) is 12.2 Å². The van der Waals surface area contributed by atoms with E-state index in [1.54, 1.807) is 7.05 Å². The molecule has 0 atom stereocenters. The molecule has 16 heavy (non-hydrogen) atoms. The largest absolute Gasteiger partial charge is 0.396 e. The summed E-state index contributed by atoms with van der Waals surface area (Å²) in [5.41, 5.74) is 16.2. The van der Waals surface area contributed by atoms with Crippen LogP contribution in [0.3, 0.4) is 0 Å². The van der Waals surface area contributed by atoms with Crippen LogP contribution in [0.5, 0.6) is 0 Å². The van der Waals surface area contributed by atoms with Gasteiger partial charge in [0.25, 0.3) is 5.91 Å². The van der Waals surface area contributed by atoms with E-state index in [-0.39, 0.29) is 12.2 Å². The third-order valence-electron chi connectivity index (χ3n) is 1.91. The van der Waals surface area contributed by atoms with E-state index >= 15 is 0 Å². The Hall–Kier alpha value is -2.31. The minimum atomic E-state index is -0.659. The molecule has 0 aliphatic rings. The Morgan fingerprint density at radius 3 is 2.50 bits per heavy atom. The Morgan fingerprint density at radius 2 is 2.00 bits per heavy atom. The predicted molar refractivity (Wildman–Crippen MR) is 59.6 cm³/mol. The Labute approximate surface area is 92.2 Å². The Morgan fingerprint density at radius 1 is 1.38 bits per heavy atom. The van der Waals surface area contributed by atoms with Gasteiger partial charge in [-0.15, -0.1) is 0 Å². The normalized spacial score (nSPS) is 9.81. The van der Waals surface area contributed by atoms with Crippen LogP contribution in [-0.4, -0.2) is 30.4 Å². The maximum atomic E-state index is 10.9. The number of hydrogen-bond donors (Lipinski definition) is 3. The molecule has 0 aliphatic heterocycles. The summed E-state index contributed by atoms with van der Waals surface area (Å²) in [6.07, 6.45) is 0. The van der Waals surface area contributed by atoms with Gasteiger partial charge in [-0.05, 0) is 12.1 Å². The summed E-state index contributed by atoms with van der Waals surface area (Å²) in [7, 11) is 1.59. The summed E-state index contributed by atoms with van der Waals surface area (Å²) in [6, 6.07) is 2.92. The van der Waals surface area contributed by atoms with Gasteiger partial charge in [0.2, 0.25) is 5.91 Å². The number of carbonyl (C=O) groups excluding carboxylic acids is 2. The van der Waals surface area contributed by atoms with Crippen molar-refractivity contribution in [3.8, 4) is 0 Å². The molecule has 0 bridgehead atoms. The monoisotopic (exact) mass is 223 g/mol. The number of amides is 2. The number of rotatable bonds is 4. The van der Waals surface area contributed by atoms with Gasteiger partial charge in [-0.2, -0.15) is 0 Å². The number of aromatic nitrogens is 1. The molecule has 86 valence electrons. The maximum absolute atomic E-state index is 10.9. The van der Waals surface area contributed by atoms with Gasteiger partial charge in [0.1, 0.15) is 5.69 Å². The first-order valence-corrected chi connectivity index (χ1v) is 4.47. The van der Waals surface area contributed by atoms with Crippen LogP contribution in [0.1, 0.15) is 10.5 Å². The molecule has 0 saturated carbocycles. The molecule has 6 N–H and O–H groups in total. The van der Waals surface area contributed by atoms with Crippen molar-refractivity contribution in [1.82, 2.24) is 4.98 Å². The third kappa shape index (κ3) is 2.59. The highest BCUT2D eigenvalue weighted by atomic mass is 16.1. The van der Waals surface area contributed by atoms with Crippen LogP contribution < -0.4 is 22.1 Å². The van der Waals surface area contributed by atoms with Gasteiger partial charge in [-0.25, -0.2) is 4.98 Å². The summed E-state index contributed by atoms with van der Waals surface area (Å²) < 4.78 is 0. The molecule has 1 rings (SSSR count). The van der Waals surface area contributed by atoms with E-state index in [9.17, 15) is 9.59 Å². The number of pyridine rings is 1. The molecule has 0 saturated heterocycles. The highest BCUT2D eigenvalue weighted by Crippen LogP contribution is 2.18. The van der Waals surface area contributed by atoms with Crippen LogP contribution in [0.4, 0.5) is 11.5 Å². The smallest absolute Gasteiger partial charge is 0.267 e. The SMILES string of the molecule is CN(CC(N)=O)c1nc(C(N)=O)ccc1N. The van der Waals surface area contributed by atoms with Crippen LogP contribution in [0.2, 0.25) is 0 Å². The van der Waals surface area contributed by atoms with Crippen LogP contribution in [0.25, 0.3) is 0 Å². The molecule has 0 unspecified atom stereocenters. The van der Waals surface area contributed by atoms with Crippen molar-refractivity contribution in [2.75, 3.05) is 24.2 Å². The summed E-state index contributed by atoms with van der Waals surface area (Å²) in [4.78, 5) is 27.0. The number of nitrogens with zero attached hydrogens (tertiary/aromatic N) is 2. The number of primary amides is 2. The second-order valence-electron chi connectivity index (χ2n) is 3.30. The van der Waals surface area contributed by atoms with E-state index in [2.05, 4.69) is 4.98 Å². The lowest BCUT2D eigenvalue weighted by molar-refractivity contribution is -0.116. The average molecular weight is 223 g/mol. The number of carbonyl (C=O) groups is 2. The number of hydrogen-bond acceptors (Lipinski definition) is 5. The molecule has 1 aromatic rings. The fourth-order valence-electron chi connectivity index (χ4n) is 1.21. The molecule has 7 nitrogen and oxygen atoms in total. The van der Waals surface area contributed by atoms with E-state index in [1.807, 2.05) is 0 Å². The van der Waals surface area contributed by atoms with Crippen molar-refractivity contribution in [1.29, 1.82) is 0 Å². The van der Waals surface area contributed by atoms with Crippen molar-refractivity contribution in [3.05, 3.63) is 17.8 Å². The molecule has 1 heterocycles. The maximum Gasteiger partial charge on any atom is 0.267 e. The molecular weight excluding hydrogens is 210 g/mol. The first-order chi connectivity index (χ1) is 7.41. The van der Waals surface area contributed by atoms with E-state index in [4.69, 9.17) is 17.2 Å². The number of anilines is 2. The van der Waals surface area contributed by atoms with Gasteiger partial charge < -0.3 is 22.1 Å². The zero-order valence-corrected chi connectivity index (χ0v) is 8.80. The first-order valence-electron chi connectivity index (χ1n) is 4.47. The fourth-order valence-corrected chi connectivity index (χ4v) is 1.21. The summed E-state index contributed by atoms with van der Waals surface area (Å²) in [5, 5.41) is 0. The number of nitrogens with two attached hydrogens (primary N) is 3. The molecule has 0 aliphatic carbocycles. The molecule has 0 fully saturated rings. The van der Waals surface area contributed by atoms with E-state index < -0.39 is 11.8 Å². The summed E-state index contributed by atoms with van der Waals surface area (Å²) in [6.45, 7) is -0.0422. The van der Waals surface area contributed by atoms with Crippen LogP contribution in [-0.2, 0) is 4.79 Å². The molecule has 0 aromatic carbocycles. The lowest BCUT2D eigenvalue weighted by atomic mass is 10.3. The Bertz CT molecular complexity index is 432. The van der Waals surface area contributed by atoms with Crippen molar-refractivity contribution in [3.63, 3.8) is 0 Å². The van der Waals surface area contributed by atoms with Gasteiger partial charge >= 0.3 is 0 Å². The molecule has 1 aromatic heterocycles. The van der Waals surface area contributed by atoms with Gasteiger partial charge in [-0.3, -0.25) is 9.59 Å². The molecule has 2 amide bonds. The molecule has 7 heteroatoms. The van der Waals surface area contributed by atoms with Crippen LogP contribution in [0.15, 0.2) is 12.1 Å². The summed E-state index contributed by atoms with van der Waals surface area (Å²) >= 11 is 0. The highest BCUT2D eigenvalue weighted by molar-refractivity contribution is 5.92. The van der Waals surface area contributed by atoms with E-state index in [0.717, 1.165) is 0 Å². The minimum Gasteiger partial charge on any atom is -0.396 e. The van der Waals surface area contributed by atoms with E-state index in [1.165, 1.54) is 17.0 Å². The summed E-state index contributed by atoms with van der Waals surface area (Å²) in [5.74, 6) is -0.878. The zero-order chi connectivity index (χ0) is 12.3. The molecule has 0 radical (unpaired) electrons. The zero-order valence-electron chi connectivity index (χ0n) is 8.80. The van der Waals surface area contributed by atoms with Gasteiger partial charge in [-0.1, -0.05) is 0 Å². The Balaban J connectivity index is 3.06. The lowest BCUT2D eigenvalue weighted by Crippen LogP contribution is -2.32. The first kappa shape index (κ1) is 11.8. The van der Waals surface area contributed by atoms with Gasteiger partial charge in [0, 0.05) is 7.05 Å². The van der Waals surface area contributed by atoms with Crippen LogP contribution in [0, 0.1) is 0 Å². The predicted octanol–water partition coefficient (Wildman–Crippen LogP) is -1.32. The van der Waals surface area contributed by atoms with Crippen molar-refractivity contribution in [2.24, 2.45) is 11.5 Å². The van der Waals surface area contributed by atoms with Gasteiger partial charge in [0.15, 0.2) is 5.82 Å². The second kappa shape index (κ2) is 4.47. The minimum absolute atomic E-state index is 0.0422. The molecule has 0 spiro atoms. The third-order valence-corrected chi connectivity index (χ3v) is 1.91. The second-order valence-corrected chi connectivity index (χ2v) is 3.30. The Kier molecular flexibility index (Phi) is 3.29. The van der Waals surface area contributed by atoms with Crippen molar-refractivity contribution in [2.45, 2.75) is 0 Å². The lowest BCUT2D eigenvalue weighted by Gasteiger charge is -2.18. The number of nitrogen functional groups attached to an aromatic ring is 1. The van der Waals surface area contributed by atoms with Crippen molar-refractivity contribution < 1.29 is 9.59 Å². The standard InChI is InChI=1S/C9H13N5O2/c1-14(4-7(11)15)9-5(10)2-3-6(13-9)8(12)16/h2-3H,4,10H2,1H3,(H2,11,15)(H2,12,16). The number of likely N-dealkylation sites (N-methyl/N-ethyl adjacent to an activating group) is 1. The fraction of sp³-hybridized carbons (Fsp3) is 0.222. The van der Waals surface area contributed by atoms with E-state index in [0.29, 0.717) is 11.5 Å². The molecular formula is C9H13N5O2. The van der Waals surface area contributed by atoms with Crippen LogP contribution >= 0.6 is 0 Å². The topological polar surface area (TPSA) is 128 Å². The van der Waals surface area contributed by atoms with Crippen molar-refractivity contribution >= 4 is 23.3 Å². The average Bonchev–Trinajstić information content (AvgIpc) is 2.16.